The molecule has 2 aromatic heterocycles. The molecule has 18 heavy (non-hydrogen) atoms. The SMILES string of the molecule is CN(C)CCNCCn1nc2ccccn2c1=O. The van der Waals surface area contributed by atoms with Gasteiger partial charge in [0.2, 0.25) is 0 Å². The van der Waals surface area contributed by atoms with Crippen LogP contribution < -0.4 is 11.0 Å². The molecule has 0 atom stereocenters. The maximum absolute atomic E-state index is 11.9. The number of aromatic nitrogens is 3. The van der Waals surface area contributed by atoms with Gasteiger partial charge in [0.15, 0.2) is 5.65 Å². The van der Waals surface area contributed by atoms with Gasteiger partial charge < -0.3 is 10.2 Å². The summed E-state index contributed by atoms with van der Waals surface area (Å²) in [5, 5.41) is 7.55. The van der Waals surface area contributed by atoms with Crippen LogP contribution in [0.4, 0.5) is 0 Å². The summed E-state index contributed by atoms with van der Waals surface area (Å²) in [6.07, 6.45) is 1.74. The molecule has 0 aliphatic carbocycles. The van der Waals surface area contributed by atoms with E-state index in [1.54, 1.807) is 10.6 Å². The lowest BCUT2D eigenvalue weighted by atomic mass is 10.5. The Balaban J connectivity index is 1.92. The first-order valence-corrected chi connectivity index (χ1v) is 6.08. The first-order chi connectivity index (χ1) is 8.68. The molecule has 1 N–H and O–H groups in total. The van der Waals surface area contributed by atoms with Crippen LogP contribution in [-0.4, -0.2) is 52.8 Å². The number of likely N-dealkylation sites (N-methyl/N-ethyl adjacent to an activating group) is 1. The maximum atomic E-state index is 11.9. The van der Waals surface area contributed by atoms with Crippen LogP contribution in [0.2, 0.25) is 0 Å². The van der Waals surface area contributed by atoms with Crippen molar-refractivity contribution in [2.75, 3.05) is 33.7 Å². The summed E-state index contributed by atoms with van der Waals surface area (Å²) in [6.45, 7) is 3.24. The van der Waals surface area contributed by atoms with E-state index in [0.29, 0.717) is 12.2 Å². The third-order valence-electron chi connectivity index (χ3n) is 2.72. The van der Waals surface area contributed by atoms with Crippen LogP contribution in [0.1, 0.15) is 0 Å². The molecule has 0 unspecified atom stereocenters. The Kier molecular flexibility index (Phi) is 4.11. The number of nitrogens with one attached hydrogen (secondary N) is 1. The van der Waals surface area contributed by atoms with Gasteiger partial charge in [-0.05, 0) is 26.2 Å². The Morgan fingerprint density at radius 2 is 2.17 bits per heavy atom. The van der Waals surface area contributed by atoms with Gasteiger partial charge in [-0.3, -0.25) is 4.40 Å². The predicted molar refractivity (Wildman–Crippen MR) is 70.9 cm³/mol. The van der Waals surface area contributed by atoms with E-state index in [9.17, 15) is 4.79 Å². The minimum Gasteiger partial charge on any atom is -0.314 e. The molecule has 0 aliphatic heterocycles. The van der Waals surface area contributed by atoms with Gasteiger partial charge in [-0.15, -0.1) is 5.10 Å². The lowest BCUT2D eigenvalue weighted by molar-refractivity contribution is 0.395. The number of pyridine rings is 1. The zero-order chi connectivity index (χ0) is 13.0. The average molecular weight is 249 g/mol. The van der Waals surface area contributed by atoms with E-state index >= 15 is 0 Å². The number of fused-ring (bicyclic) bond motifs is 1. The highest BCUT2D eigenvalue weighted by Gasteiger charge is 2.04. The lowest BCUT2D eigenvalue weighted by Gasteiger charge is -2.09. The summed E-state index contributed by atoms with van der Waals surface area (Å²) in [7, 11) is 4.07. The molecule has 0 bridgehead atoms. The molecule has 0 spiro atoms. The minimum absolute atomic E-state index is 0.0833. The van der Waals surface area contributed by atoms with Crippen LogP contribution in [0.5, 0.6) is 0 Å². The fourth-order valence-electron chi connectivity index (χ4n) is 1.73. The van der Waals surface area contributed by atoms with Crippen LogP contribution in [0.3, 0.4) is 0 Å². The number of rotatable bonds is 6. The normalized spacial score (nSPS) is 11.5. The predicted octanol–water partition coefficient (Wildman–Crippen LogP) is -0.353. The van der Waals surface area contributed by atoms with Gasteiger partial charge in [0.25, 0.3) is 0 Å². The third kappa shape index (κ3) is 2.96. The summed E-state index contributed by atoms with van der Waals surface area (Å²) in [6, 6.07) is 5.54. The first kappa shape index (κ1) is 12.8. The summed E-state index contributed by atoms with van der Waals surface area (Å²) in [5.74, 6) is 0. The monoisotopic (exact) mass is 249 g/mol. The van der Waals surface area contributed by atoms with Gasteiger partial charge >= 0.3 is 5.69 Å². The van der Waals surface area contributed by atoms with Crippen molar-refractivity contribution >= 4 is 5.65 Å². The largest absolute Gasteiger partial charge is 0.350 e. The van der Waals surface area contributed by atoms with Crippen molar-refractivity contribution in [2.45, 2.75) is 6.54 Å². The van der Waals surface area contributed by atoms with E-state index < -0.39 is 0 Å². The summed E-state index contributed by atoms with van der Waals surface area (Å²) >= 11 is 0. The fourth-order valence-corrected chi connectivity index (χ4v) is 1.73. The zero-order valence-electron chi connectivity index (χ0n) is 10.8. The maximum Gasteiger partial charge on any atom is 0.350 e. The summed E-state index contributed by atoms with van der Waals surface area (Å²) < 4.78 is 3.05. The number of hydrogen-bond donors (Lipinski definition) is 1. The molecule has 0 fully saturated rings. The molecule has 0 amide bonds. The summed E-state index contributed by atoms with van der Waals surface area (Å²) in [4.78, 5) is 14.0. The molecule has 0 saturated carbocycles. The Morgan fingerprint density at radius 1 is 1.33 bits per heavy atom. The topological polar surface area (TPSA) is 54.6 Å². The third-order valence-corrected chi connectivity index (χ3v) is 2.72. The summed E-state index contributed by atoms with van der Waals surface area (Å²) in [5.41, 5.74) is 0.607. The molecule has 6 nitrogen and oxygen atoms in total. The van der Waals surface area contributed by atoms with E-state index in [0.717, 1.165) is 19.6 Å². The van der Waals surface area contributed by atoms with E-state index in [1.807, 2.05) is 32.3 Å². The van der Waals surface area contributed by atoms with Gasteiger partial charge in [-0.25, -0.2) is 9.48 Å². The van der Waals surface area contributed by atoms with Gasteiger partial charge in [0.05, 0.1) is 6.54 Å². The Hall–Kier alpha value is -1.66. The van der Waals surface area contributed by atoms with Crippen LogP contribution >= 0.6 is 0 Å². The molecule has 2 aromatic rings. The second-order valence-corrected chi connectivity index (χ2v) is 4.49. The molecule has 0 saturated heterocycles. The molecule has 6 heteroatoms. The van der Waals surface area contributed by atoms with Crippen molar-refractivity contribution in [1.29, 1.82) is 0 Å². The van der Waals surface area contributed by atoms with Crippen molar-refractivity contribution in [1.82, 2.24) is 24.4 Å². The number of nitrogens with zero attached hydrogens (tertiary/aromatic N) is 4. The van der Waals surface area contributed by atoms with Crippen molar-refractivity contribution in [3.05, 3.63) is 34.9 Å². The van der Waals surface area contributed by atoms with Crippen molar-refractivity contribution < 1.29 is 0 Å². The highest BCUT2D eigenvalue weighted by molar-refractivity contribution is 5.35. The van der Waals surface area contributed by atoms with Crippen LogP contribution in [0.15, 0.2) is 29.2 Å². The van der Waals surface area contributed by atoms with Gasteiger partial charge in [-0.2, -0.15) is 0 Å². The Bertz CT molecular complexity index is 557. The second kappa shape index (κ2) is 5.79. The Morgan fingerprint density at radius 3 is 2.89 bits per heavy atom. The molecule has 2 rings (SSSR count). The van der Waals surface area contributed by atoms with E-state index in [2.05, 4.69) is 15.3 Å². The van der Waals surface area contributed by atoms with Crippen LogP contribution in [0, 0.1) is 0 Å². The van der Waals surface area contributed by atoms with Gasteiger partial charge in [0.1, 0.15) is 0 Å². The molecular weight excluding hydrogens is 230 g/mol. The smallest absolute Gasteiger partial charge is 0.314 e. The second-order valence-electron chi connectivity index (χ2n) is 4.49. The standard InChI is InChI=1S/C12H19N5O/c1-15(2)9-6-13-7-10-17-12(18)16-8-4-3-5-11(16)14-17/h3-5,8,13H,6-7,9-10H2,1-2H3. The quantitative estimate of drug-likeness (QED) is 0.711. The van der Waals surface area contributed by atoms with E-state index in [4.69, 9.17) is 0 Å². The van der Waals surface area contributed by atoms with Crippen LogP contribution in [0.25, 0.3) is 5.65 Å². The molecule has 0 radical (unpaired) electrons. The van der Waals surface area contributed by atoms with Gasteiger partial charge in [0, 0.05) is 25.8 Å². The van der Waals surface area contributed by atoms with Crippen molar-refractivity contribution in [2.24, 2.45) is 0 Å². The zero-order valence-corrected chi connectivity index (χ0v) is 10.8. The molecule has 98 valence electrons. The van der Waals surface area contributed by atoms with E-state index in [-0.39, 0.29) is 5.69 Å². The van der Waals surface area contributed by atoms with Crippen LogP contribution in [-0.2, 0) is 6.54 Å². The molecular formula is C12H19N5O. The highest BCUT2D eigenvalue weighted by atomic mass is 16.2. The van der Waals surface area contributed by atoms with Crippen molar-refractivity contribution in [3.8, 4) is 0 Å². The number of hydrogen-bond acceptors (Lipinski definition) is 4. The minimum atomic E-state index is -0.0833. The molecule has 0 aliphatic rings. The van der Waals surface area contributed by atoms with Gasteiger partial charge in [-0.1, -0.05) is 6.07 Å². The Labute approximate surface area is 106 Å². The van der Waals surface area contributed by atoms with E-state index in [1.165, 1.54) is 4.68 Å². The highest BCUT2D eigenvalue weighted by Crippen LogP contribution is 1.94. The lowest BCUT2D eigenvalue weighted by Crippen LogP contribution is -2.31. The van der Waals surface area contributed by atoms with Crippen molar-refractivity contribution in [3.63, 3.8) is 0 Å². The molecule has 0 aromatic carbocycles. The average Bonchev–Trinajstić information content (AvgIpc) is 2.66. The first-order valence-electron chi connectivity index (χ1n) is 6.08. The fraction of sp³-hybridized carbons (Fsp3) is 0.500. The molecule has 2 heterocycles.